The van der Waals surface area contributed by atoms with Crippen molar-refractivity contribution in [3.05, 3.63) is 59.7 Å². The molecule has 1 heterocycles. The minimum absolute atomic E-state index is 0.0303. The molecule has 0 aliphatic carbocycles. The van der Waals surface area contributed by atoms with Gasteiger partial charge in [-0.25, -0.2) is 0 Å². The molecule has 7 heteroatoms. The number of amides is 1. The molecule has 1 N–H and O–H groups in total. The van der Waals surface area contributed by atoms with Crippen molar-refractivity contribution in [3.63, 3.8) is 0 Å². The van der Waals surface area contributed by atoms with Crippen molar-refractivity contribution in [1.82, 2.24) is 20.1 Å². The highest BCUT2D eigenvalue weighted by Gasteiger charge is 2.13. The minimum Gasteiger partial charge on any atom is -0.497 e. The van der Waals surface area contributed by atoms with Gasteiger partial charge in [-0.05, 0) is 42.3 Å². The highest BCUT2D eigenvalue weighted by Crippen LogP contribution is 2.24. The van der Waals surface area contributed by atoms with E-state index in [1.807, 2.05) is 67.1 Å². The van der Waals surface area contributed by atoms with Gasteiger partial charge in [-0.3, -0.25) is 4.79 Å². The number of aromatic nitrogens is 3. The Morgan fingerprint density at radius 2 is 1.89 bits per heavy atom. The first-order valence-corrected chi connectivity index (χ1v) is 9.55. The van der Waals surface area contributed by atoms with Crippen molar-refractivity contribution in [1.29, 1.82) is 0 Å². The van der Waals surface area contributed by atoms with E-state index in [4.69, 9.17) is 4.74 Å². The van der Waals surface area contributed by atoms with Gasteiger partial charge in [-0.15, -0.1) is 10.2 Å². The quantitative estimate of drug-likeness (QED) is 0.636. The molecule has 3 aromatic rings. The van der Waals surface area contributed by atoms with E-state index >= 15 is 0 Å². The zero-order valence-corrected chi connectivity index (χ0v) is 16.4. The van der Waals surface area contributed by atoms with Crippen molar-refractivity contribution >= 4 is 17.7 Å². The third-order valence-corrected chi connectivity index (χ3v) is 5.27. The van der Waals surface area contributed by atoms with Gasteiger partial charge in [-0.2, -0.15) is 0 Å². The first kappa shape index (κ1) is 19.0. The number of carbonyl (C=O) groups is 1. The summed E-state index contributed by atoms with van der Waals surface area (Å²) in [7, 11) is 3.53. The van der Waals surface area contributed by atoms with Gasteiger partial charge < -0.3 is 14.6 Å². The van der Waals surface area contributed by atoms with Crippen molar-refractivity contribution in [2.75, 3.05) is 12.9 Å². The summed E-state index contributed by atoms with van der Waals surface area (Å²) in [5.41, 5.74) is 3.24. The Morgan fingerprint density at radius 1 is 1.15 bits per heavy atom. The Balaban J connectivity index is 1.57. The number of nitrogens with one attached hydrogen (secondary N) is 1. The maximum absolute atomic E-state index is 12.2. The first-order chi connectivity index (χ1) is 13.1. The molecule has 1 aromatic heterocycles. The topological polar surface area (TPSA) is 69.0 Å². The van der Waals surface area contributed by atoms with Crippen LogP contribution in [0.1, 0.15) is 11.1 Å². The van der Waals surface area contributed by atoms with Crippen molar-refractivity contribution in [3.8, 4) is 17.1 Å². The Kier molecular flexibility index (Phi) is 6.13. The average Bonchev–Trinajstić information content (AvgIpc) is 3.06. The molecule has 1 amide bonds. The van der Waals surface area contributed by atoms with Gasteiger partial charge in [0.15, 0.2) is 11.0 Å². The van der Waals surface area contributed by atoms with Crippen LogP contribution in [-0.4, -0.2) is 33.5 Å². The third kappa shape index (κ3) is 4.68. The molecule has 6 nitrogen and oxygen atoms in total. The van der Waals surface area contributed by atoms with Gasteiger partial charge in [0.1, 0.15) is 5.75 Å². The largest absolute Gasteiger partial charge is 0.497 e. The van der Waals surface area contributed by atoms with Crippen LogP contribution in [0.3, 0.4) is 0 Å². The summed E-state index contributed by atoms with van der Waals surface area (Å²) >= 11 is 1.37. The van der Waals surface area contributed by atoms with E-state index in [0.717, 1.165) is 22.7 Å². The van der Waals surface area contributed by atoms with Crippen LogP contribution in [0, 0.1) is 6.92 Å². The molecule has 0 spiro atoms. The fourth-order valence-corrected chi connectivity index (χ4v) is 3.36. The predicted octanol–water partition coefficient (Wildman–Crippen LogP) is 3.21. The molecule has 0 unspecified atom stereocenters. The number of benzene rings is 2. The molecule has 140 valence electrons. The van der Waals surface area contributed by atoms with Crippen LogP contribution < -0.4 is 10.1 Å². The summed E-state index contributed by atoms with van der Waals surface area (Å²) in [5.74, 6) is 1.80. The Hall–Kier alpha value is -2.80. The molecule has 0 saturated heterocycles. The number of methoxy groups -OCH3 is 1. The van der Waals surface area contributed by atoms with Crippen LogP contribution in [0.5, 0.6) is 5.75 Å². The second-order valence-electron chi connectivity index (χ2n) is 6.09. The van der Waals surface area contributed by atoms with Crippen LogP contribution in [0.15, 0.2) is 53.7 Å². The molecule has 0 fully saturated rings. The smallest absolute Gasteiger partial charge is 0.230 e. The Morgan fingerprint density at radius 3 is 2.59 bits per heavy atom. The molecular weight excluding hydrogens is 360 g/mol. The molecule has 0 atom stereocenters. The molecule has 0 bridgehead atoms. The van der Waals surface area contributed by atoms with Crippen LogP contribution in [-0.2, 0) is 18.4 Å². The van der Waals surface area contributed by atoms with Gasteiger partial charge in [0, 0.05) is 19.2 Å². The lowest BCUT2D eigenvalue weighted by Crippen LogP contribution is -2.25. The van der Waals surface area contributed by atoms with E-state index in [1.165, 1.54) is 17.3 Å². The van der Waals surface area contributed by atoms with Crippen LogP contribution in [0.25, 0.3) is 11.4 Å². The second kappa shape index (κ2) is 8.73. The number of thioether (sulfide) groups is 1. The van der Waals surface area contributed by atoms with E-state index in [2.05, 4.69) is 15.5 Å². The molecule has 0 saturated carbocycles. The predicted molar refractivity (Wildman–Crippen MR) is 107 cm³/mol. The summed E-state index contributed by atoms with van der Waals surface area (Å²) in [6.45, 7) is 2.57. The summed E-state index contributed by atoms with van der Waals surface area (Å²) in [6.07, 6.45) is 0. The number of aryl methyl sites for hydroxylation is 1. The summed E-state index contributed by atoms with van der Waals surface area (Å²) in [4.78, 5) is 12.2. The van der Waals surface area contributed by atoms with Gasteiger partial charge in [0.05, 0.1) is 12.9 Å². The number of ether oxygens (including phenoxy) is 1. The number of hydrogen-bond acceptors (Lipinski definition) is 5. The summed E-state index contributed by atoms with van der Waals surface area (Å²) < 4.78 is 7.07. The molecular formula is C20H22N4O2S. The normalized spacial score (nSPS) is 10.6. The second-order valence-corrected chi connectivity index (χ2v) is 7.03. The van der Waals surface area contributed by atoms with E-state index in [0.29, 0.717) is 17.5 Å². The van der Waals surface area contributed by atoms with Crippen molar-refractivity contribution < 1.29 is 9.53 Å². The van der Waals surface area contributed by atoms with E-state index in [-0.39, 0.29) is 5.91 Å². The zero-order chi connectivity index (χ0) is 19.2. The lowest BCUT2D eigenvalue weighted by atomic mass is 10.1. The molecule has 0 aliphatic rings. The van der Waals surface area contributed by atoms with Crippen LogP contribution >= 0.6 is 11.8 Å². The number of carbonyl (C=O) groups excluding carboxylic acids is 1. The number of hydrogen-bond donors (Lipinski definition) is 1. The molecule has 0 aliphatic heterocycles. The average molecular weight is 382 g/mol. The van der Waals surface area contributed by atoms with E-state index in [1.54, 1.807) is 7.11 Å². The van der Waals surface area contributed by atoms with E-state index < -0.39 is 0 Å². The first-order valence-electron chi connectivity index (χ1n) is 8.56. The van der Waals surface area contributed by atoms with Crippen LogP contribution in [0.2, 0.25) is 0 Å². The Labute approximate surface area is 163 Å². The highest BCUT2D eigenvalue weighted by atomic mass is 32.2. The van der Waals surface area contributed by atoms with Gasteiger partial charge in [-0.1, -0.05) is 36.0 Å². The lowest BCUT2D eigenvalue weighted by molar-refractivity contribution is -0.118. The SMILES string of the molecule is COc1ccc(-c2nnc(SCC(=O)NCc3ccccc3C)n2C)cc1. The third-order valence-electron chi connectivity index (χ3n) is 4.25. The molecule has 3 rings (SSSR count). The maximum atomic E-state index is 12.2. The maximum Gasteiger partial charge on any atom is 0.230 e. The Bertz CT molecular complexity index is 922. The lowest BCUT2D eigenvalue weighted by Gasteiger charge is -2.08. The fraction of sp³-hybridized carbons (Fsp3) is 0.250. The summed E-state index contributed by atoms with van der Waals surface area (Å²) in [5, 5.41) is 12.1. The van der Waals surface area contributed by atoms with Gasteiger partial charge in [0.25, 0.3) is 0 Å². The van der Waals surface area contributed by atoms with Gasteiger partial charge >= 0.3 is 0 Å². The number of rotatable bonds is 7. The van der Waals surface area contributed by atoms with Gasteiger partial charge in [0.2, 0.25) is 5.91 Å². The van der Waals surface area contributed by atoms with E-state index in [9.17, 15) is 4.79 Å². The van der Waals surface area contributed by atoms with Crippen LogP contribution in [0.4, 0.5) is 0 Å². The molecule has 27 heavy (non-hydrogen) atoms. The standard InChI is InChI=1S/C20H22N4O2S/c1-14-6-4-5-7-16(14)12-21-18(25)13-27-20-23-22-19(24(20)2)15-8-10-17(26-3)11-9-15/h4-11H,12-13H2,1-3H3,(H,21,25). The number of nitrogens with zero attached hydrogens (tertiary/aromatic N) is 3. The molecule has 0 radical (unpaired) electrons. The van der Waals surface area contributed by atoms with Crippen molar-refractivity contribution in [2.45, 2.75) is 18.6 Å². The monoisotopic (exact) mass is 382 g/mol. The zero-order valence-electron chi connectivity index (χ0n) is 15.6. The molecule has 2 aromatic carbocycles. The van der Waals surface area contributed by atoms with Crippen molar-refractivity contribution in [2.24, 2.45) is 7.05 Å². The minimum atomic E-state index is -0.0303. The summed E-state index contributed by atoms with van der Waals surface area (Å²) in [6, 6.07) is 15.7. The fourth-order valence-electron chi connectivity index (χ4n) is 2.62. The highest BCUT2D eigenvalue weighted by molar-refractivity contribution is 7.99.